The van der Waals surface area contributed by atoms with Gasteiger partial charge in [-0.1, -0.05) is 31.2 Å². The molecule has 0 aliphatic rings. The molecular weight excluding hydrogens is 338 g/mol. The maximum Gasteiger partial charge on any atom is 0.131 e. The van der Waals surface area contributed by atoms with Gasteiger partial charge in [0.25, 0.3) is 0 Å². The van der Waals surface area contributed by atoms with Crippen molar-refractivity contribution in [1.82, 2.24) is 15.1 Å². The van der Waals surface area contributed by atoms with Gasteiger partial charge in [-0.15, -0.1) is 0 Å². The van der Waals surface area contributed by atoms with Crippen molar-refractivity contribution in [2.24, 2.45) is 0 Å². The lowest BCUT2D eigenvalue weighted by atomic mass is 10.1. The van der Waals surface area contributed by atoms with E-state index in [1.165, 1.54) is 11.1 Å². The molecule has 3 rings (SSSR count). The highest BCUT2D eigenvalue weighted by molar-refractivity contribution is 5.71. The molecule has 1 N–H and O–H groups in total. The molecule has 1 heterocycles. The van der Waals surface area contributed by atoms with E-state index in [0.717, 1.165) is 47.8 Å². The Morgan fingerprint density at radius 2 is 1.70 bits per heavy atom. The van der Waals surface area contributed by atoms with Gasteiger partial charge in [0.15, 0.2) is 0 Å². The van der Waals surface area contributed by atoms with E-state index in [1.807, 2.05) is 24.4 Å². The van der Waals surface area contributed by atoms with Gasteiger partial charge >= 0.3 is 0 Å². The Morgan fingerprint density at radius 1 is 0.963 bits per heavy atom. The normalized spacial score (nSPS) is 11.0. The fourth-order valence-corrected chi connectivity index (χ4v) is 3.21. The van der Waals surface area contributed by atoms with E-state index in [9.17, 15) is 0 Å². The second kappa shape index (κ2) is 8.73. The fraction of sp³-hybridized carbons (Fsp3) is 0.318. The van der Waals surface area contributed by atoms with Crippen molar-refractivity contribution in [3.8, 4) is 22.8 Å². The van der Waals surface area contributed by atoms with Gasteiger partial charge in [0, 0.05) is 30.3 Å². The number of rotatable bonds is 8. The molecule has 5 heteroatoms. The quantitative estimate of drug-likeness (QED) is 0.647. The first-order chi connectivity index (χ1) is 13.1. The molecule has 0 saturated carbocycles. The molecule has 5 nitrogen and oxygen atoms in total. The number of aryl methyl sites for hydroxylation is 1. The van der Waals surface area contributed by atoms with Crippen molar-refractivity contribution in [3.05, 3.63) is 65.4 Å². The summed E-state index contributed by atoms with van der Waals surface area (Å²) in [6.45, 7) is 3.85. The van der Waals surface area contributed by atoms with E-state index < -0.39 is 0 Å². The van der Waals surface area contributed by atoms with E-state index in [4.69, 9.17) is 9.47 Å². The zero-order chi connectivity index (χ0) is 19.2. The molecule has 0 radical (unpaired) electrons. The summed E-state index contributed by atoms with van der Waals surface area (Å²) in [5.74, 6) is 1.53. The lowest BCUT2D eigenvalue weighted by Gasteiger charge is -2.18. The summed E-state index contributed by atoms with van der Waals surface area (Å²) in [4.78, 5) is 2.28. The average Bonchev–Trinajstić information content (AvgIpc) is 3.15. The van der Waals surface area contributed by atoms with Crippen LogP contribution in [0.3, 0.4) is 0 Å². The van der Waals surface area contributed by atoms with Crippen LogP contribution in [-0.2, 0) is 19.5 Å². The molecule has 0 saturated heterocycles. The number of nitrogens with one attached hydrogen (secondary N) is 1. The lowest BCUT2D eigenvalue weighted by Crippen LogP contribution is -2.17. The Kier molecular flexibility index (Phi) is 6.14. The van der Waals surface area contributed by atoms with E-state index in [2.05, 4.69) is 53.3 Å². The number of ether oxygens (including phenoxy) is 2. The standard InChI is InChI=1S/C22H27N3O2/c1-5-16-6-8-17(9-7-16)14-25(2)15-18-13-23-24-22(18)20-11-10-19(26-3)12-21(20)27-4/h6-13H,5,14-15H2,1-4H3,(H,23,24). The summed E-state index contributed by atoms with van der Waals surface area (Å²) < 4.78 is 10.8. The highest BCUT2D eigenvalue weighted by Crippen LogP contribution is 2.34. The first-order valence-corrected chi connectivity index (χ1v) is 9.15. The molecule has 0 spiro atoms. The summed E-state index contributed by atoms with van der Waals surface area (Å²) in [5, 5.41) is 7.38. The Labute approximate surface area is 160 Å². The number of aromatic nitrogens is 2. The topological polar surface area (TPSA) is 50.4 Å². The van der Waals surface area contributed by atoms with Crippen LogP contribution in [0.5, 0.6) is 11.5 Å². The van der Waals surface area contributed by atoms with Crippen LogP contribution in [0, 0.1) is 0 Å². The van der Waals surface area contributed by atoms with Gasteiger partial charge in [-0.05, 0) is 36.7 Å². The second-order valence-corrected chi connectivity index (χ2v) is 6.68. The lowest BCUT2D eigenvalue weighted by molar-refractivity contribution is 0.319. The predicted octanol–water partition coefficient (Wildman–Crippen LogP) is 4.29. The predicted molar refractivity (Wildman–Crippen MR) is 108 cm³/mol. The van der Waals surface area contributed by atoms with Crippen molar-refractivity contribution in [3.63, 3.8) is 0 Å². The minimum Gasteiger partial charge on any atom is -0.497 e. The van der Waals surface area contributed by atoms with Gasteiger partial charge < -0.3 is 9.47 Å². The molecular formula is C22H27N3O2. The molecule has 0 amide bonds. The van der Waals surface area contributed by atoms with E-state index in [-0.39, 0.29) is 0 Å². The zero-order valence-electron chi connectivity index (χ0n) is 16.5. The second-order valence-electron chi connectivity index (χ2n) is 6.68. The molecule has 1 aromatic heterocycles. The van der Waals surface area contributed by atoms with Gasteiger partial charge in [-0.2, -0.15) is 5.10 Å². The Hall–Kier alpha value is -2.79. The molecule has 2 aromatic carbocycles. The monoisotopic (exact) mass is 365 g/mol. The highest BCUT2D eigenvalue weighted by Gasteiger charge is 2.15. The molecule has 0 atom stereocenters. The maximum atomic E-state index is 5.55. The van der Waals surface area contributed by atoms with Crippen LogP contribution >= 0.6 is 0 Å². The molecule has 0 unspecified atom stereocenters. The largest absolute Gasteiger partial charge is 0.497 e. The van der Waals surface area contributed by atoms with Gasteiger partial charge in [0.05, 0.1) is 26.1 Å². The van der Waals surface area contributed by atoms with Crippen molar-refractivity contribution >= 4 is 0 Å². The van der Waals surface area contributed by atoms with Crippen LogP contribution in [-0.4, -0.2) is 36.4 Å². The number of benzene rings is 2. The Bertz CT molecular complexity index is 872. The number of nitrogens with zero attached hydrogens (tertiary/aromatic N) is 2. The van der Waals surface area contributed by atoms with E-state index in [0.29, 0.717) is 0 Å². The smallest absolute Gasteiger partial charge is 0.131 e. The van der Waals surface area contributed by atoms with E-state index in [1.54, 1.807) is 14.2 Å². The number of hydrogen-bond acceptors (Lipinski definition) is 4. The maximum absolute atomic E-state index is 5.55. The first kappa shape index (κ1) is 19.0. The third kappa shape index (κ3) is 4.49. The third-order valence-corrected chi connectivity index (χ3v) is 4.72. The van der Waals surface area contributed by atoms with Gasteiger partial charge in [-0.25, -0.2) is 0 Å². The van der Waals surface area contributed by atoms with Crippen LogP contribution in [0.1, 0.15) is 23.6 Å². The molecule has 0 bridgehead atoms. The van der Waals surface area contributed by atoms with Crippen LogP contribution in [0.4, 0.5) is 0 Å². The SMILES string of the molecule is CCc1ccc(CN(C)Cc2cn[nH]c2-c2ccc(OC)cc2OC)cc1. The van der Waals surface area contributed by atoms with Gasteiger partial charge in [-0.3, -0.25) is 10.00 Å². The molecule has 142 valence electrons. The molecule has 3 aromatic rings. The average molecular weight is 365 g/mol. The van der Waals surface area contributed by atoms with Crippen LogP contribution < -0.4 is 9.47 Å². The van der Waals surface area contributed by atoms with Crippen molar-refractivity contribution < 1.29 is 9.47 Å². The molecule has 27 heavy (non-hydrogen) atoms. The Balaban J connectivity index is 1.76. The minimum atomic E-state index is 0.762. The van der Waals surface area contributed by atoms with E-state index >= 15 is 0 Å². The van der Waals surface area contributed by atoms with Gasteiger partial charge in [0.2, 0.25) is 0 Å². The number of hydrogen-bond donors (Lipinski definition) is 1. The summed E-state index contributed by atoms with van der Waals surface area (Å²) in [5.41, 5.74) is 5.76. The zero-order valence-corrected chi connectivity index (χ0v) is 16.5. The van der Waals surface area contributed by atoms with Crippen molar-refractivity contribution in [1.29, 1.82) is 0 Å². The summed E-state index contributed by atoms with van der Waals surface area (Å²) in [6, 6.07) is 14.6. The van der Waals surface area contributed by atoms with Crippen LogP contribution in [0.15, 0.2) is 48.7 Å². The van der Waals surface area contributed by atoms with Crippen LogP contribution in [0.2, 0.25) is 0 Å². The molecule has 0 aliphatic carbocycles. The number of methoxy groups -OCH3 is 2. The van der Waals surface area contributed by atoms with Crippen LogP contribution in [0.25, 0.3) is 11.3 Å². The number of aromatic amines is 1. The van der Waals surface area contributed by atoms with Gasteiger partial charge in [0.1, 0.15) is 11.5 Å². The number of H-pyrrole nitrogens is 1. The highest BCUT2D eigenvalue weighted by atomic mass is 16.5. The molecule has 0 aliphatic heterocycles. The fourth-order valence-electron chi connectivity index (χ4n) is 3.21. The summed E-state index contributed by atoms with van der Waals surface area (Å²) >= 11 is 0. The van der Waals surface area contributed by atoms with Crippen molar-refractivity contribution in [2.45, 2.75) is 26.4 Å². The minimum absolute atomic E-state index is 0.762. The van der Waals surface area contributed by atoms with Crippen molar-refractivity contribution in [2.75, 3.05) is 21.3 Å². The summed E-state index contributed by atoms with van der Waals surface area (Å²) in [6.07, 6.45) is 2.95. The Morgan fingerprint density at radius 3 is 2.37 bits per heavy atom. The molecule has 0 fully saturated rings. The third-order valence-electron chi connectivity index (χ3n) is 4.72. The summed E-state index contributed by atoms with van der Waals surface area (Å²) in [7, 11) is 5.44. The first-order valence-electron chi connectivity index (χ1n) is 9.15.